The Morgan fingerprint density at radius 3 is 2.77 bits per heavy atom. The van der Waals surface area contributed by atoms with Crippen LogP contribution in [0.25, 0.3) is 20.7 Å². The summed E-state index contributed by atoms with van der Waals surface area (Å²) in [6.07, 6.45) is 1.40. The summed E-state index contributed by atoms with van der Waals surface area (Å²) in [4.78, 5) is 43.4. The topological polar surface area (TPSA) is 107 Å². The number of thioether (sulfide) groups is 1. The van der Waals surface area contributed by atoms with Crippen molar-refractivity contribution in [1.82, 2.24) is 9.55 Å². The third kappa shape index (κ3) is 4.30. The van der Waals surface area contributed by atoms with Gasteiger partial charge in [-0.05, 0) is 23.6 Å². The quantitative estimate of drug-likeness (QED) is 0.415. The fraction of sp³-hybridized carbons (Fsp3) is 0.100. The number of nitrogens with zero attached hydrogens (tertiary/aromatic N) is 2. The second kappa shape index (κ2) is 8.82. The standard InChI is InChI=1S/C20H16N4O3S3/c21-16(25)10-29-15-5-2-1-4-13(15)23-17(26)8-24-11-22-19-18(20(24)27)12(9-30-19)14-6-3-7-28-14/h1-7,9,11H,8,10H2,(H2,21,25)(H,23,26). The largest absolute Gasteiger partial charge is 0.369 e. The molecule has 3 N–H and O–H groups in total. The Kier molecular flexibility index (Phi) is 5.98. The zero-order valence-electron chi connectivity index (χ0n) is 15.5. The first-order valence-electron chi connectivity index (χ1n) is 8.83. The second-order valence-corrected chi connectivity index (χ2v) is 9.11. The molecule has 152 valence electrons. The number of nitrogens with two attached hydrogens (primary N) is 1. The summed E-state index contributed by atoms with van der Waals surface area (Å²) in [7, 11) is 0. The molecule has 4 aromatic rings. The number of nitrogens with one attached hydrogen (secondary N) is 1. The summed E-state index contributed by atoms with van der Waals surface area (Å²) in [5.41, 5.74) is 6.35. The van der Waals surface area contributed by atoms with Gasteiger partial charge in [0.25, 0.3) is 5.56 Å². The van der Waals surface area contributed by atoms with Crippen LogP contribution in [-0.4, -0.2) is 27.1 Å². The van der Waals surface area contributed by atoms with E-state index in [-0.39, 0.29) is 23.8 Å². The summed E-state index contributed by atoms with van der Waals surface area (Å²) in [6, 6.07) is 11.0. The van der Waals surface area contributed by atoms with Gasteiger partial charge in [0.15, 0.2) is 0 Å². The Hall–Kier alpha value is -2.95. The minimum absolute atomic E-state index is 0.108. The van der Waals surface area contributed by atoms with Crippen molar-refractivity contribution in [2.45, 2.75) is 11.4 Å². The molecule has 0 saturated heterocycles. The van der Waals surface area contributed by atoms with Gasteiger partial charge in [-0.2, -0.15) is 0 Å². The minimum atomic E-state index is -0.440. The van der Waals surface area contributed by atoms with Crippen LogP contribution in [0.5, 0.6) is 0 Å². The van der Waals surface area contributed by atoms with E-state index < -0.39 is 5.91 Å². The molecule has 0 unspecified atom stereocenters. The molecule has 0 radical (unpaired) electrons. The van der Waals surface area contributed by atoms with E-state index in [9.17, 15) is 14.4 Å². The van der Waals surface area contributed by atoms with Gasteiger partial charge in [0, 0.05) is 20.7 Å². The number of hydrogen-bond acceptors (Lipinski definition) is 7. The van der Waals surface area contributed by atoms with E-state index in [1.807, 2.05) is 29.0 Å². The van der Waals surface area contributed by atoms with Crippen LogP contribution < -0.4 is 16.6 Å². The van der Waals surface area contributed by atoms with Crippen molar-refractivity contribution in [2.24, 2.45) is 5.73 Å². The number of amides is 2. The average Bonchev–Trinajstić information content (AvgIpc) is 3.39. The van der Waals surface area contributed by atoms with Crippen molar-refractivity contribution in [2.75, 3.05) is 11.1 Å². The van der Waals surface area contributed by atoms with E-state index in [0.717, 1.165) is 15.3 Å². The first kappa shape index (κ1) is 20.3. The van der Waals surface area contributed by atoms with Gasteiger partial charge < -0.3 is 11.1 Å². The second-order valence-electron chi connectivity index (χ2n) is 6.28. The lowest BCUT2D eigenvalue weighted by Gasteiger charge is -2.11. The van der Waals surface area contributed by atoms with E-state index in [1.165, 1.54) is 34.0 Å². The average molecular weight is 457 g/mol. The molecular weight excluding hydrogens is 440 g/mol. The fourth-order valence-corrected chi connectivity index (χ4v) is 5.35. The Morgan fingerprint density at radius 1 is 1.17 bits per heavy atom. The smallest absolute Gasteiger partial charge is 0.263 e. The van der Waals surface area contributed by atoms with Gasteiger partial charge in [0.05, 0.1) is 23.2 Å². The van der Waals surface area contributed by atoms with E-state index in [2.05, 4.69) is 10.3 Å². The van der Waals surface area contributed by atoms with Gasteiger partial charge in [0.2, 0.25) is 11.8 Å². The van der Waals surface area contributed by atoms with Crippen LogP contribution in [-0.2, 0) is 16.1 Å². The summed E-state index contributed by atoms with van der Waals surface area (Å²) >= 11 is 4.20. The van der Waals surface area contributed by atoms with Gasteiger partial charge in [0.1, 0.15) is 11.4 Å². The molecular formula is C20H16N4O3S3. The summed E-state index contributed by atoms with van der Waals surface area (Å²) in [5.74, 6) is -0.695. The lowest BCUT2D eigenvalue weighted by molar-refractivity contribution is -0.117. The number of carbonyl (C=O) groups excluding carboxylic acids is 2. The lowest BCUT2D eigenvalue weighted by atomic mass is 10.2. The monoisotopic (exact) mass is 456 g/mol. The van der Waals surface area contributed by atoms with Crippen LogP contribution in [0, 0.1) is 0 Å². The van der Waals surface area contributed by atoms with Crippen LogP contribution in [0.2, 0.25) is 0 Å². The van der Waals surface area contributed by atoms with E-state index in [4.69, 9.17) is 5.73 Å². The zero-order chi connectivity index (χ0) is 21.1. The predicted octanol–water partition coefficient (Wildman–Crippen LogP) is 3.40. The molecule has 1 aromatic carbocycles. The number of para-hydroxylation sites is 1. The van der Waals surface area contributed by atoms with Crippen molar-refractivity contribution in [1.29, 1.82) is 0 Å². The summed E-state index contributed by atoms with van der Waals surface area (Å²) < 4.78 is 1.31. The molecule has 0 aliphatic carbocycles. The fourth-order valence-electron chi connectivity index (χ4n) is 2.88. The number of anilines is 1. The van der Waals surface area contributed by atoms with Crippen molar-refractivity contribution in [3.63, 3.8) is 0 Å². The maximum Gasteiger partial charge on any atom is 0.263 e. The predicted molar refractivity (Wildman–Crippen MR) is 122 cm³/mol. The Bertz CT molecular complexity index is 1280. The molecule has 0 saturated carbocycles. The van der Waals surface area contributed by atoms with Crippen molar-refractivity contribution < 1.29 is 9.59 Å². The number of fused-ring (bicyclic) bond motifs is 1. The highest BCUT2D eigenvalue weighted by atomic mass is 32.2. The maximum absolute atomic E-state index is 13.0. The van der Waals surface area contributed by atoms with Crippen LogP contribution in [0.3, 0.4) is 0 Å². The molecule has 0 aliphatic rings. The minimum Gasteiger partial charge on any atom is -0.369 e. The molecule has 10 heteroatoms. The van der Waals surface area contributed by atoms with E-state index in [0.29, 0.717) is 15.9 Å². The number of primary amides is 1. The first-order chi connectivity index (χ1) is 14.5. The summed E-state index contributed by atoms with van der Waals surface area (Å²) in [5, 5.41) is 7.19. The van der Waals surface area contributed by atoms with Crippen molar-refractivity contribution >= 4 is 62.2 Å². The Morgan fingerprint density at radius 2 is 2.00 bits per heavy atom. The molecule has 3 heterocycles. The number of carbonyl (C=O) groups is 2. The van der Waals surface area contributed by atoms with E-state index in [1.54, 1.807) is 29.5 Å². The molecule has 7 nitrogen and oxygen atoms in total. The van der Waals surface area contributed by atoms with Crippen LogP contribution in [0.15, 0.2) is 63.2 Å². The molecule has 0 bridgehead atoms. The highest BCUT2D eigenvalue weighted by molar-refractivity contribution is 8.00. The molecule has 4 rings (SSSR count). The molecule has 0 fully saturated rings. The Balaban J connectivity index is 1.57. The normalized spacial score (nSPS) is 10.9. The third-order valence-corrected chi connectivity index (χ3v) is 7.08. The van der Waals surface area contributed by atoms with Crippen LogP contribution in [0.1, 0.15) is 0 Å². The molecule has 0 atom stereocenters. The maximum atomic E-state index is 13.0. The SMILES string of the molecule is NC(=O)CSc1ccccc1NC(=O)Cn1cnc2scc(-c3cccs3)c2c1=O. The van der Waals surface area contributed by atoms with Crippen LogP contribution in [0.4, 0.5) is 5.69 Å². The number of rotatable bonds is 7. The zero-order valence-corrected chi connectivity index (χ0v) is 18.0. The molecule has 30 heavy (non-hydrogen) atoms. The van der Waals surface area contributed by atoms with Gasteiger partial charge in [-0.15, -0.1) is 34.4 Å². The molecule has 0 spiro atoms. The number of benzene rings is 1. The number of thiophene rings is 2. The Labute approximate surface area is 183 Å². The van der Waals surface area contributed by atoms with Gasteiger partial charge in [-0.3, -0.25) is 19.0 Å². The van der Waals surface area contributed by atoms with Gasteiger partial charge in [-0.25, -0.2) is 4.98 Å². The molecule has 0 aliphatic heterocycles. The third-order valence-electron chi connectivity index (χ3n) is 4.19. The molecule has 2 amide bonds. The lowest BCUT2D eigenvalue weighted by Crippen LogP contribution is -2.28. The van der Waals surface area contributed by atoms with E-state index >= 15 is 0 Å². The highest BCUT2D eigenvalue weighted by Gasteiger charge is 2.16. The first-order valence-corrected chi connectivity index (χ1v) is 11.6. The number of hydrogen-bond donors (Lipinski definition) is 2. The van der Waals surface area contributed by atoms with Crippen molar-refractivity contribution in [3.05, 3.63) is 63.8 Å². The van der Waals surface area contributed by atoms with Crippen LogP contribution >= 0.6 is 34.4 Å². The number of aromatic nitrogens is 2. The van der Waals surface area contributed by atoms with Gasteiger partial charge >= 0.3 is 0 Å². The molecule has 3 aromatic heterocycles. The van der Waals surface area contributed by atoms with Gasteiger partial charge in [-0.1, -0.05) is 18.2 Å². The van der Waals surface area contributed by atoms with Crippen molar-refractivity contribution in [3.8, 4) is 10.4 Å². The highest BCUT2D eigenvalue weighted by Crippen LogP contribution is 2.33. The summed E-state index contributed by atoms with van der Waals surface area (Å²) in [6.45, 7) is -0.170.